The highest BCUT2D eigenvalue weighted by molar-refractivity contribution is 5.70. The number of nitrogens with zero attached hydrogens (tertiary/aromatic N) is 5. The first kappa shape index (κ1) is 9.75. The zero-order valence-electron chi connectivity index (χ0n) is 7.21. The number of hydrogen-bond acceptors (Lipinski definition) is 5. The van der Waals surface area contributed by atoms with Gasteiger partial charge < -0.3 is 10.1 Å². The first-order valence-corrected chi connectivity index (χ1v) is 3.53. The number of rotatable bonds is 2. The van der Waals surface area contributed by atoms with Crippen LogP contribution in [0.2, 0.25) is 0 Å². The lowest BCUT2D eigenvalue weighted by atomic mass is 10.6. The van der Waals surface area contributed by atoms with Crippen molar-refractivity contribution in [3.63, 3.8) is 0 Å². The van der Waals surface area contributed by atoms with Gasteiger partial charge in [-0.15, -0.1) is 0 Å². The van der Waals surface area contributed by atoms with Crippen LogP contribution in [0, 0.1) is 0 Å². The molecule has 0 bridgehead atoms. The normalized spacial score (nSPS) is 8.64. The number of amides is 1. The highest BCUT2D eigenvalue weighted by atomic mass is 16.6. The number of ether oxygens (including phenoxy) is 1. The fraction of sp³-hybridized carbons (Fsp3) is 0.167. The van der Waals surface area contributed by atoms with Gasteiger partial charge in [-0.25, -0.2) is 14.8 Å². The van der Waals surface area contributed by atoms with E-state index in [0.29, 0.717) is 0 Å². The second kappa shape index (κ2) is 4.63. The van der Waals surface area contributed by atoms with Crippen LogP contribution in [0.1, 0.15) is 0 Å². The minimum absolute atomic E-state index is 0.0846. The quantitative estimate of drug-likeness (QED) is 0.431. The van der Waals surface area contributed by atoms with Crippen molar-refractivity contribution >= 4 is 11.9 Å². The molecule has 0 saturated carbocycles. The van der Waals surface area contributed by atoms with Gasteiger partial charge in [-0.3, -0.25) is 0 Å². The molecular weight excluding hydrogens is 188 g/mol. The Morgan fingerprint density at radius 1 is 1.64 bits per heavy atom. The number of aromatic nitrogens is 2. The number of nitrogens with one attached hydrogen (secondary N) is 1. The van der Waals surface area contributed by atoms with Crippen molar-refractivity contribution in [1.29, 1.82) is 0 Å². The van der Waals surface area contributed by atoms with Gasteiger partial charge >= 0.3 is 6.09 Å². The fourth-order valence-corrected chi connectivity index (χ4v) is 0.640. The summed E-state index contributed by atoms with van der Waals surface area (Å²) in [7, 11) is 1.39. The van der Waals surface area contributed by atoms with Crippen LogP contribution in [0.15, 0.2) is 17.5 Å². The first-order valence-electron chi connectivity index (χ1n) is 3.53. The summed E-state index contributed by atoms with van der Waals surface area (Å²) in [5, 5.41) is 5.41. The number of hydrogen-bond donors (Lipinski definition) is 1. The molecule has 0 fully saturated rings. The summed E-state index contributed by atoms with van der Waals surface area (Å²) in [6.07, 6.45) is 1.93. The van der Waals surface area contributed by atoms with E-state index < -0.39 is 6.09 Å². The Kier molecular flexibility index (Phi) is 3.22. The average Bonchev–Trinajstić information content (AvgIpc) is 2.21. The Morgan fingerprint density at radius 2 is 2.36 bits per heavy atom. The molecular formula is C6H6N6O2. The van der Waals surface area contributed by atoms with Crippen molar-refractivity contribution in [2.24, 2.45) is 5.11 Å². The van der Waals surface area contributed by atoms with Gasteiger partial charge in [0.1, 0.15) is 0 Å². The molecule has 1 aromatic heterocycles. The van der Waals surface area contributed by atoms with Crippen LogP contribution in [-0.2, 0) is 0 Å². The standard InChI is InChI=1S/C6H6N6O2/c1-8-6(13)14-5-4(11-12-7)9-2-3-10-5/h2-3H,1H3,(H,8,13). The molecule has 8 nitrogen and oxygen atoms in total. The number of azide groups is 1. The molecule has 72 valence electrons. The van der Waals surface area contributed by atoms with Crippen molar-refractivity contribution in [2.75, 3.05) is 7.05 Å². The summed E-state index contributed by atoms with van der Waals surface area (Å²) < 4.78 is 4.66. The average molecular weight is 194 g/mol. The maximum absolute atomic E-state index is 10.8. The Balaban J connectivity index is 2.95. The number of carbonyl (C=O) groups excluding carboxylic acids is 1. The maximum atomic E-state index is 10.8. The molecule has 14 heavy (non-hydrogen) atoms. The van der Waals surface area contributed by atoms with E-state index in [4.69, 9.17) is 5.53 Å². The molecule has 1 aromatic rings. The zero-order valence-corrected chi connectivity index (χ0v) is 7.21. The second-order valence-corrected chi connectivity index (χ2v) is 2.01. The molecule has 0 radical (unpaired) electrons. The molecule has 1 rings (SSSR count). The van der Waals surface area contributed by atoms with Crippen LogP contribution < -0.4 is 10.1 Å². The Hall–Kier alpha value is -2.34. The molecule has 1 N–H and O–H groups in total. The first-order chi connectivity index (χ1) is 6.77. The van der Waals surface area contributed by atoms with E-state index >= 15 is 0 Å². The van der Waals surface area contributed by atoms with Gasteiger partial charge in [-0.05, 0) is 10.6 Å². The molecule has 1 amide bonds. The van der Waals surface area contributed by atoms with E-state index in [1.807, 2.05) is 0 Å². The Morgan fingerprint density at radius 3 is 3.00 bits per heavy atom. The number of carbonyl (C=O) groups is 1. The molecule has 0 unspecified atom stereocenters. The van der Waals surface area contributed by atoms with E-state index in [1.165, 1.54) is 19.4 Å². The SMILES string of the molecule is CNC(=O)Oc1nccnc1N=[N+]=[N-]. The van der Waals surface area contributed by atoms with Crippen molar-refractivity contribution in [2.45, 2.75) is 0 Å². The summed E-state index contributed by atoms with van der Waals surface area (Å²) in [6, 6.07) is 0. The molecule has 1 heterocycles. The monoisotopic (exact) mass is 194 g/mol. The van der Waals surface area contributed by atoms with Crippen LogP contribution in [0.4, 0.5) is 10.6 Å². The molecule has 0 aromatic carbocycles. The topological polar surface area (TPSA) is 113 Å². The molecule has 0 spiro atoms. The third-order valence-electron chi connectivity index (χ3n) is 1.18. The van der Waals surface area contributed by atoms with Crippen LogP contribution in [0.25, 0.3) is 10.4 Å². The highest BCUT2D eigenvalue weighted by Crippen LogP contribution is 2.20. The second-order valence-electron chi connectivity index (χ2n) is 2.01. The van der Waals surface area contributed by atoms with Crippen LogP contribution in [-0.4, -0.2) is 23.1 Å². The lowest BCUT2D eigenvalue weighted by Gasteiger charge is -2.02. The van der Waals surface area contributed by atoms with Gasteiger partial charge in [0.05, 0.1) is 0 Å². The molecule has 8 heteroatoms. The predicted octanol–water partition coefficient (Wildman–Crippen LogP) is 1.14. The van der Waals surface area contributed by atoms with Crippen LogP contribution in [0.3, 0.4) is 0 Å². The molecule has 0 aliphatic rings. The Labute approximate surface area is 78.6 Å². The molecule has 0 atom stereocenters. The van der Waals surface area contributed by atoms with Gasteiger partial charge in [-0.1, -0.05) is 0 Å². The van der Waals surface area contributed by atoms with Gasteiger partial charge in [0.15, 0.2) is 5.82 Å². The highest BCUT2D eigenvalue weighted by Gasteiger charge is 2.08. The van der Waals surface area contributed by atoms with Crippen molar-refractivity contribution < 1.29 is 9.53 Å². The fourth-order valence-electron chi connectivity index (χ4n) is 0.640. The largest absolute Gasteiger partial charge is 0.413 e. The van der Waals surface area contributed by atoms with Crippen LogP contribution >= 0.6 is 0 Å². The van der Waals surface area contributed by atoms with E-state index in [0.717, 1.165) is 0 Å². The smallest absolute Gasteiger partial charge is 0.389 e. The lowest BCUT2D eigenvalue weighted by Crippen LogP contribution is -2.22. The third-order valence-corrected chi connectivity index (χ3v) is 1.18. The van der Waals surface area contributed by atoms with Gasteiger partial charge in [0.2, 0.25) is 0 Å². The van der Waals surface area contributed by atoms with E-state index in [9.17, 15) is 4.79 Å². The third kappa shape index (κ3) is 2.32. The minimum Gasteiger partial charge on any atom is -0.389 e. The van der Waals surface area contributed by atoms with E-state index in [2.05, 4.69) is 30.0 Å². The van der Waals surface area contributed by atoms with E-state index in [1.54, 1.807) is 0 Å². The minimum atomic E-state index is -0.708. The van der Waals surface area contributed by atoms with E-state index in [-0.39, 0.29) is 11.7 Å². The van der Waals surface area contributed by atoms with Gasteiger partial charge in [0.25, 0.3) is 5.88 Å². The van der Waals surface area contributed by atoms with Gasteiger partial charge in [-0.2, -0.15) is 0 Å². The van der Waals surface area contributed by atoms with Crippen LogP contribution in [0.5, 0.6) is 5.88 Å². The summed E-state index contributed by atoms with van der Waals surface area (Å²) in [4.78, 5) is 20.7. The van der Waals surface area contributed by atoms with Crippen molar-refractivity contribution in [3.8, 4) is 5.88 Å². The Bertz CT molecular complexity index is 386. The summed E-state index contributed by atoms with van der Waals surface area (Å²) >= 11 is 0. The summed E-state index contributed by atoms with van der Waals surface area (Å²) in [6.45, 7) is 0. The molecule has 0 aliphatic heterocycles. The van der Waals surface area contributed by atoms with Crippen molar-refractivity contribution in [3.05, 3.63) is 22.8 Å². The molecule has 0 aliphatic carbocycles. The molecule has 0 saturated heterocycles. The predicted molar refractivity (Wildman–Crippen MR) is 45.9 cm³/mol. The lowest BCUT2D eigenvalue weighted by molar-refractivity contribution is 0.201. The zero-order chi connectivity index (χ0) is 10.4. The summed E-state index contributed by atoms with van der Waals surface area (Å²) in [5.41, 5.74) is 8.17. The van der Waals surface area contributed by atoms with Crippen molar-refractivity contribution in [1.82, 2.24) is 15.3 Å². The van der Waals surface area contributed by atoms with Gasteiger partial charge in [0, 0.05) is 24.4 Å². The maximum Gasteiger partial charge on any atom is 0.413 e. The summed E-state index contributed by atoms with van der Waals surface area (Å²) in [5.74, 6) is -0.219.